The first kappa shape index (κ1) is 19.7. The van der Waals surface area contributed by atoms with Crippen LogP contribution in [0.1, 0.15) is 39.6 Å². The fourth-order valence-electron chi connectivity index (χ4n) is 3.16. The number of fused-ring (bicyclic) bond motifs is 1. The summed E-state index contributed by atoms with van der Waals surface area (Å²) in [6.07, 6.45) is 0. The number of nitrogens with zero attached hydrogens (tertiary/aromatic N) is 1. The number of ether oxygens (including phenoxy) is 1. The molecule has 30 heavy (non-hydrogen) atoms. The Hall–Kier alpha value is -3.59. The highest BCUT2D eigenvalue weighted by Crippen LogP contribution is 2.30. The highest BCUT2D eigenvalue weighted by molar-refractivity contribution is 7.12. The van der Waals surface area contributed by atoms with Gasteiger partial charge in [0, 0.05) is 11.6 Å². The van der Waals surface area contributed by atoms with Gasteiger partial charge in [0.1, 0.15) is 11.3 Å². The van der Waals surface area contributed by atoms with Crippen LogP contribution in [0.2, 0.25) is 0 Å². The molecular formula is C21H20N4O4S. The van der Waals surface area contributed by atoms with Gasteiger partial charge >= 0.3 is 0 Å². The van der Waals surface area contributed by atoms with Crippen LogP contribution >= 0.6 is 11.3 Å². The zero-order chi connectivity index (χ0) is 21.3. The molecule has 8 nitrogen and oxygen atoms in total. The molecule has 1 aromatic carbocycles. The smallest absolute Gasteiger partial charge is 0.287 e. The van der Waals surface area contributed by atoms with Gasteiger partial charge in [0.2, 0.25) is 0 Å². The van der Waals surface area contributed by atoms with E-state index < -0.39 is 11.4 Å². The van der Waals surface area contributed by atoms with Crippen LogP contribution in [0, 0.1) is 0 Å². The molecule has 0 saturated carbocycles. The Labute approximate surface area is 176 Å². The number of H-pyrrole nitrogens is 1. The number of hydrogen-bond donors (Lipinski definition) is 3. The number of thiophene rings is 1. The molecule has 0 aliphatic rings. The molecule has 4 aromatic rings. The van der Waals surface area contributed by atoms with Gasteiger partial charge in [-0.15, -0.1) is 11.3 Å². The molecule has 3 N–H and O–H groups in total. The Morgan fingerprint density at radius 2 is 1.97 bits per heavy atom. The standard InChI is InChI=1S/C21H20N4O4S/c1-21(2,12-7-4-5-8-14(12)28-3)23-19(26)15-11-13-17(29-15)18(25-24-13)22-20(27)16-9-6-10-30-16/h4-11H,1-3H3,(H,23,26)(H2,22,24,25,27). The lowest BCUT2D eigenvalue weighted by Gasteiger charge is -2.28. The summed E-state index contributed by atoms with van der Waals surface area (Å²) < 4.78 is 11.1. The number of furan rings is 1. The Morgan fingerprint density at radius 1 is 1.17 bits per heavy atom. The average molecular weight is 424 g/mol. The molecule has 0 radical (unpaired) electrons. The SMILES string of the molecule is COc1ccccc1C(C)(C)NC(=O)c1cc2[nH]nc(NC(=O)c3cccs3)c2o1. The fraction of sp³-hybridized carbons (Fsp3) is 0.190. The minimum atomic E-state index is -0.710. The van der Waals surface area contributed by atoms with E-state index >= 15 is 0 Å². The first-order valence-corrected chi connectivity index (χ1v) is 10.1. The zero-order valence-electron chi connectivity index (χ0n) is 16.6. The number of benzene rings is 1. The molecule has 0 unspecified atom stereocenters. The number of amides is 2. The minimum absolute atomic E-state index is 0.105. The van der Waals surface area contributed by atoms with Crippen LogP contribution in [-0.2, 0) is 5.54 Å². The summed E-state index contributed by atoms with van der Waals surface area (Å²) >= 11 is 1.32. The lowest BCUT2D eigenvalue weighted by atomic mass is 9.93. The molecule has 0 bridgehead atoms. The van der Waals surface area contributed by atoms with Gasteiger partial charge in [-0.25, -0.2) is 0 Å². The number of aromatic nitrogens is 2. The van der Waals surface area contributed by atoms with Crippen LogP contribution in [-0.4, -0.2) is 29.1 Å². The summed E-state index contributed by atoms with van der Waals surface area (Å²) in [5.74, 6) is 0.320. The van der Waals surface area contributed by atoms with Crippen molar-refractivity contribution in [2.24, 2.45) is 0 Å². The van der Waals surface area contributed by atoms with Crippen LogP contribution in [0.15, 0.2) is 52.3 Å². The third kappa shape index (κ3) is 3.67. The van der Waals surface area contributed by atoms with Crippen LogP contribution in [0.5, 0.6) is 5.75 Å². The van der Waals surface area contributed by atoms with Gasteiger partial charge < -0.3 is 19.8 Å². The van der Waals surface area contributed by atoms with E-state index in [9.17, 15) is 9.59 Å². The molecule has 2 amide bonds. The van der Waals surface area contributed by atoms with Crippen molar-refractivity contribution in [2.45, 2.75) is 19.4 Å². The van der Waals surface area contributed by atoms with Crippen molar-refractivity contribution in [2.75, 3.05) is 12.4 Å². The first-order valence-electron chi connectivity index (χ1n) is 9.18. The molecule has 9 heteroatoms. The van der Waals surface area contributed by atoms with Crippen molar-refractivity contribution in [1.82, 2.24) is 15.5 Å². The van der Waals surface area contributed by atoms with Crippen molar-refractivity contribution in [3.63, 3.8) is 0 Å². The second kappa shape index (κ2) is 7.68. The molecule has 3 heterocycles. The van der Waals surface area contributed by atoms with Gasteiger partial charge in [0.15, 0.2) is 17.2 Å². The molecular weight excluding hydrogens is 404 g/mol. The second-order valence-corrected chi connectivity index (χ2v) is 8.08. The normalized spacial score (nSPS) is 11.4. The van der Waals surface area contributed by atoms with E-state index in [4.69, 9.17) is 9.15 Å². The highest BCUT2D eigenvalue weighted by atomic mass is 32.1. The Morgan fingerprint density at radius 3 is 2.70 bits per heavy atom. The highest BCUT2D eigenvalue weighted by Gasteiger charge is 2.28. The number of methoxy groups -OCH3 is 1. The number of carbonyl (C=O) groups is 2. The van der Waals surface area contributed by atoms with Gasteiger partial charge in [-0.05, 0) is 31.4 Å². The molecule has 0 fully saturated rings. The number of hydrogen-bond acceptors (Lipinski definition) is 6. The molecule has 3 aromatic heterocycles. The van der Waals surface area contributed by atoms with Crippen molar-refractivity contribution in [3.8, 4) is 5.75 Å². The maximum atomic E-state index is 12.9. The summed E-state index contributed by atoms with van der Waals surface area (Å²) in [5.41, 5.74) is 0.943. The molecule has 154 valence electrons. The molecule has 0 aliphatic carbocycles. The molecule has 0 saturated heterocycles. The van der Waals surface area contributed by atoms with Crippen molar-refractivity contribution in [3.05, 3.63) is 64.0 Å². The van der Waals surface area contributed by atoms with Crippen molar-refractivity contribution < 1.29 is 18.7 Å². The van der Waals surface area contributed by atoms with E-state index in [1.165, 1.54) is 11.3 Å². The molecule has 0 atom stereocenters. The van der Waals surface area contributed by atoms with Crippen LogP contribution in [0.4, 0.5) is 5.82 Å². The number of anilines is 1. The zero-order valence-corrected chi connectivity index (χ0v) is 17.4. The Kier molecular flexibility index (Phi) is 5.04. The van der Waals surface area contributed by atoms with E-state index in [-0.39, 0.29) is 17.5 Å². The third-order valence-electron chi connectivity index (χ3n) is 4.64. The van der Waals surface area contributed by atoms with Crippen LogP contribution in [0.25, 0.3) is 11.1 Å². The summed E-state index contributed by atoms with van der Waals surface area (Å²) in [5, 5.41) is 14.3. The quantitative estimate of drug-likeness (QED) is 0.431. The van der Waals surface area contributed by atoms with Gasteiger partial charge in [-0.1, -0.05) is 24.3 Å². The summed E-state index contributed by atoms with van der Waals surface area (Å²) in [7, 11) is 1.59. The topological polar surface area (TPSA) is 109 Å². The van der Waals surface area contributed by atoms with Gasteiger partial charge in [-0.2, -0.15) is 5.10 Å². The number of carbonyl (C=O) groups excluding carboxylic acids is 2. The van der Waals surface area contributed by atoms with E-state index in [2.05, 4.69) is 20.8 Å². The number of aromatic amines is 1. The van der Waals surface area contributed by atoms with E-state index in [1.54, 1.807) is 25.3 Å². The number of para-hydroxylation sites is 1. The summed E-state index contributed by atoms with van der Waals surface area (Å²) in [4.78, 5) is 25.7. The van der Waals surface area contributed by atoms with Gasteiger partial charge in [0.25, 0.3) is 11.8 Å². The lowest BCUT2D eigenvalue weighted by Crippen LogP contribution is -2.41. The monoisotopic (exact) mass is 424 g/mol. The third-order valence-corrected chi connectivity index (χ3v) is 5.51. The second-order valence-electron chi connectivity index (χ2n) is 7.14. The predicted octanol–water partition coefficient (Wildman–Crippen LogP) is 4.14. The van der Waals surface area contributed by atoms with E-state index in [0.717, 1.165) is 5.56 Å². The maximum absolute atomic E-state index is 12.9. The number of nitrogens with one attached hydrogen (secondary N) is 3. The summed E-state index contributed by atoms with van der Waals surface area (Å²) in [6, 6.07) is 12.5. The lowest BCUT2D eigenvalue weighted by molar-refractivity contribution is 0.0884. The first-order chi connectivity index (χ1) is 14.4. The molecule has 0 aliphatic heterocycles. The Balaban J connectivity index is 1.55. The minimum Gasteiger partial charge on any atom is -0.496 e. The largest absolute Gasteiger partial charge is 0.496 e. The van der Waals surface area contributed by atoms with Crippen molar-refractivity contribution in [1.29, 1.82) is 0 Å². The number of rotatable bonds is 6. The molecule has 4 rings (SSSR count). The molecule has 0 spiro atoms. The van der Waals surface area contributed by atoms with Crippen LogP contribution in [0.3, 0.4) is 0 Å². The Bertz CT molecular complexity index is 1210. The van der Waals surface area contributed by atoms with Crippen LogP contribution < -0.4 is 15.4 Å². The van der Waals surface area contributed by atoms with E-state index in [1.807, 2.05) is 43.5 Å². The summed E-state index contributed by atoms with van der Waals surface area (Å²) in [6.45, 7) is 3.76. The predicted molar refractivity (Wildman–Crippen MR) is 114 cm³/mol. The fourth-order valence-corrected chi connectivity index (χ4v) is 3.78. The van der Waals surface area contributed by atoms with Crippen molar-refractivity contribution >= 4 is 40.1 Å². The van der Waals surface area contributed by atoms with Gasteiger partial charge in [-0.3, -0.25) is 14.7 Å². The van der Waals surface area contributed by atoms with Gasteiger partial charge in [0.05, 0.1) is 17.5 Å². The average Bonchev–Trinajstić information content (AvgIpc) is 3.46. The maximum Gasteiger partial charge on any atom is 0.287 e. The van der Waals surface area contributed by atoms with E-state index in [0.29, 0.717) is 21.7 Å².